The molecule has 3 heteroatoms. The lowest BCUT2D eigenvalue weighted by molar-refractivity contribution is -0.153. The summed E-state index contributed by atoms with van der Waals surface area (Å²) in [5.41, 5.74) is 0. The number of carbonyl (C=O) groups is 2. The fourth-order valence-corrected chi connectivity index (χ4v) is 2.51. The highest BCUT2D eigenvalue weighted by molar-refractivity contribution is 5.99. The molecule has 0 bridgehead atoms. The van der Waals surface area contributed by atoms with Crippen molar-refractivity contribution in [2.24, 2.45) is 11.8 Å². The van der Waals surface area contributed by atoms with Gasteiger partial charge in [0, 0.05) is 6.42 Å². The van der Waals surface area contributed by atoms with Crippen LogP contribution in [0, 0.1) is 11.8 Å². The van der Waals surface area contributed by atoms with E-state index in [1.165, 1.54) is 0 Å². The van der Waals surface area contributed by atoms with E-state index in [0.717, 1.165) is 32.1 Å². The summed E-state index contributed by atoms with van der Waals surface area (Å²) in [5.74, 6) is -0.471. The van der Waals surface area contributed by atoms with Gasteiger partial charge >= 0.3 is 5.97 Å². The van der Waals surface area contributed by atoms with Crippen LogP contribution < -0.4 is 0 Å². The van der Waals surface area contributed by atoms with E-state index in [4.69, 9.17) is 4.74 Å². The van der Waals surface area contributed by atoms with Gasteiger partial charge in [-0.25, -0.2) is 0 Å². The van der Waals surface area contributed by atoms with Gasteiger partial charge in [-0.2, -0.15) is 0 Å². The topological polar surface area (TPSA) is 43.4 Å². The highest BCUT2D eigenvalue weighted by Crippen LogP contribution is 2.33. The first-order valence-electron chi connectivity index (χ1n) is 6.40. The van der Waals surface area contributed by atoms with Gasteiger partial charge in [-0.1, -0.05) is 19.8 Å². The van der Waals surface area contributed by atoms with Gasteiger partial charge in [0.15, 0.2) is 0 Å². The average molecular weight is 226 g/mol. The van der Waals surface area contributed by atoms with Crippen LogP contribution in [0.15, 0.2) is 0 Å². The molecular weight excluding hydrogens is 204 g/mol. The third kappa shape index (κ3) is 3.32. The molecule has 1 atom stereocenters. The Labute approximate surface area is 97.5 Å². The van der Waals surface area contributed by atoms with E-state index in [1.54, 1.807) is 6.92 Å². The fourth-order valence-electron chi connectivity index (χ4n) is 2.51. The monoisotopic (exact) mass is 226 g/mol. The summed E-state index contributed by atoms with van der Waals surface area (Å²) in [6.07, 6.45) is 5.58. The maximum absolute atomic E-state index is 11.9. The minimum Gasteiger partial charge on any atom is -0.465 e. The lowest BCUT2D eigenvalue weighted by Crippen LogP contribution is -2.31. The van der Waals surface area contributed by atoms with Crippen molar-refractivity contribution in [3.8, 4) is 0 Å². The highest BCUT2D eigenvalue weighted by Gasteiger charge is 2.36. The molecule has 0 aromatic carbocycles. The SMILES string of the molecule is CCCC(=O)C(C(=O)OCC)C1CCCC1. The Morgan fingerprint density at radius 2 is 1.88 bits per heavy atom. The van der Waals surface area contributed by atoms with Crippen molar-refractivity contribution in [2.75, 3.05) is 6.61 Å². The summed E-state index contributed by atoms with van der Waals surface area (Å²) in [6.45, 7) is 4.12. The molecule has 1 fully saturated rings. The van der Waals surface area contributed by atoms with Crippen LogP contribution >= 0.6 is 0 Å². The minimum absolute atomic E-state index is 0.0767. The summed E-state index contributed by atoms with van der Waals surface area (Å²) in [7, 11) is 0. The number of hydrogen-bond donors (Lipinski definition) is 0. The van der Waals surface area contributed by atoms with Crippen molar-refractivity contribution in [3.05, 3.63) is 0 Å². The van der Waals surface area contributed by atoms with Gasteiger partial charge in [0.1, 0.15) is 11.7 Å². The molecule has 1 unspecified atom stereocenters. The van der Waals surface area contributed by atoms with Crippen LogP contribution in [0.2, 0.25) is 0 Å². The third-order valence-corrected chi connectivity index (χ3v) is 3.26. The van der Waals surface area contributed by atoms with Gasteiger partial charge in [-0.15, -0.1) is 0 Å². The van der Waals surface area contributed by atoms with Crippen molar-refractivity contribution in [1.29, 1.82) is 0 Å². The number of esters is 1. The molecule has 1 aliphatic rings. The molecule has 0 radical (unpaired) electrons. The Kier molecular flexibility index (Phi) is 5.50. The zero-order chi connectivity index (χ0) is 12.0. The average Bonchev–Trinajstić information content (AvgIpc) is 2.72. The van der Waals surface area contributed by atoms with Crippen LogP contribution in [0.5, 0.6) is 0 Å². The molecule has 0 N–H and O–H groups in total. The van der Waals surface area contributed by atoms with Crippen LogP contribution in [0.4, 0.5) is 0 Å². The normalized spacial score (nSPS) is 18.4. The van der Waals surface area contributed by atoms with Gasteiger partial charge in [0.25, 0.3) is 0 Å². The van der Waals surface area contributed by atoms with Crippen molar-refractivity contribution in [2.45, 2.75) is 52.4 Å². The third-order valence-electron chi connectivity index (χ3n) is 3.26. The molecular formula is C13H22O3. The summed E-state index contributed by atoms with van der Waals surface area (Å²) in [5, 5.41) is 0. The van der Waals surface area contributed by atoms with Gasteiger partial charge in [0.2, 0.25) is 0 Å². The van der Waals surface area contributed by atoms with Crippen molar-refractivity contribution in [3.63, 3.8) is 0 Å². The summed E-state index contributed by atoms with van der Waals surface area (Å²) in [4.78, 5) is 23.7. The number of rotatable bonds is 6. The largest absolute Gasteiger partial charge is 0.465 e. The maximum atomic E-state index is 11.9. The Hall–Kier alpha value is -0.860. The molecule has 0 spiro atoms. The second-order valence-corrected chi connectivity index (χ2v) is 4.49. The molecule has 0 aromatic rings. The lowest BCUT2D eigenvalue weighted by atomic mass is 9.85. The van der Waals surface area contributed by atoms with Gasteiger partial charge in [-0.05, 0) is 32.1 Å². The smallest absolute Gasteiger partial charge is 0.316 e. The Bertz CT molecular complexity index is 224. The quantitative estimate of drug-likeness (QED) is 0.516. The molecule has 3 nitrogen and oxygen atoms in total. The molecule has 0 amide bonds. The number of ketones is 1. The van der Waals surface area contributed by atoms with Crippen LogP contribution in [0.3, 0.4) is 0 Å². The van der Waals surface area contributed by atoms with Crippen LogP contribution in [-0.4, -0.2) is 18.4 Å². The zero-order valence-electron chi connectivity index (χ0n) is 10.3. The van der Waals surface area contributed by atoms with E-state index < -0.39 is 5.92 Å². The second-order valence-electron chi connectivity index (χ2n) is 4.49. The molecule has 1 rings (SSSR count). The number of carbonyl (C=O) groups excluding carboxylic acids is 2. The highest BCUT2D eigenvalue weighted by atomic mass is 16.5. The van der Waals surface area contributed by atoms with Crippen LogP contribution in [-0.2, 0) is 14.3 Å². The second kappa shape index (κ2) is 6.66. The first-order chi connectivity index (χ1) is 7.70. The van der Waals surface area contributed by atoms with E-state index in [-0.39, 0.29) is 17.7 Å². The molecule has 92 valence electrons. The summed E-state index contributed by atoms with van der Waals surface area (Å²) < 4.78 is 5.02. The number of ether oxygens (including phenoxy) is 1. The van der Waals surface area contributed by atoms with Gasteiger partial charge in [-0.3, -0.25) is 9.59 Å². The van der Waals surface area contributed by atoms with Gasteiger partial charge < -0.3 is 4.74 Å². The van der Waals surface area contributed by atoms with Crippen LogP contribution in [0.25, 0.3) is 0 Å². The standard InChI is InChI=1S/C13H22O3/c1-3-7-11(14)12(13(15)16-4-2)10-8-5-6-9-10/h10,12H,3-9H2,1-2H3. The van der Waals surface area contributed by atoms with Crippen molar-refractivity contribution < 1.29 is 14.3 Å². The van der Waals surface area contributed by atoms with E-state index in [2.05, 4.69) is 0 Å². The molecule has 0 aliphatic heterocycles. The Morgan fingerprint density at radius 1 is 1.25 bits per heavy atom. The maximum Gasteiger partial charge on any atom is 0.316 e. The van der Waals surface area contributed by atoms with Crippen molar-refractivity contribution in [1.82, 2.24) is 0 Å². The van der Waals surface area contributed by atoms with E-state index >= 15 is 0 Å². The Morgan fingerprint density at radius 3 is 2.38 bits per heavy atom. The fraction of sp³-hybridized carbons (Fsp3) is 0.846. The molecule has 0 saturated heterocycles. The minimum atomic E-state index is -0.484. The van der Waals surface area contributed by atoms with E-state index in [1.807, 2.05) is 6.92 Å². The molecule has 0 heterocycles. The zero-order valence-corrected chi connectivity index (χ0v) is 10.3. The van der Waals surface area contributed by atoms with Gasteiger partial charge in [0.05, 0.1) is 6.61 Å². The van der Waals surface area contributed by atoms with E-state index in [9.17, 15) is 9.59 Å². The molecule has 1 aliphatic carbocycles. The predicted octanol–water partition coefficient (Wildman–Crippen LogP) is 2.73. The summed E-state index contributed by atoms with van der Waals surface area (Å²) >= 11 is 0. The first-order valence-corrected chi connectivity index (χ1v) is 6.40. The number of Topliss-reactive ketones (excluding diaryl/α,β-unsaturated/α-hetero) is 1. The number of hydrogen-bond acceptors (Lipinski definition) is 3. The van der Waals surface area contributed by atoms with E-state index in [0.29, 0.717) is 13.0 Å². The van der Waals surface area contributed by atoms with Crippen molar-refractivity contribution >= 4 is 11.8 Å². The summed E-state index contributed by atoms with van der Waals surface area (Å²) in [6, 6.07) is 0. The van der Waals surface area contributed by atoms with Crippen LogP contribution in [0.1, 0.15) is 52.4 Å². The first kappa shape index (κ1) is 13.2. The predicted molar refractivity (Wildman–Crippen MR) is 62.0 cm³/mol. The lowest BCUT2D eigenvalue weighted by Gasteiger charge is -2.20. The molecule has 0 aromatic heterocycles. The molecule has 1 saturated carbocycles. The Balaban J connectivity index is 2.67. The molecule has 16 heavy (non-hydrogen) atoms.